The minimum Gasteiger partial charge on any atom is -0.462 e. The highest BCUT2D eigenvalue weighted by Gasteiger charge is 2.51. The van der Waals surface area contributed by atoms with Crippen molar-refractivity contribution in [1.29, 1.82) is 0 Å². The summed E-state index contributed by atoms with van der Waals surface area (Å²) in [7, 11) is 2.10. The van der Waals surface area contributed by atoms with E-state index in [0.717, 1.165) is 50.8 Å². The Morgan fingerprint density at radius 3 is 2.65 bits per heavy atom. The molecule has 0 radical (unpaired) electrons. The quantitative estimate of drug-likeness (QED) is 0.513. The van der Waals surface area contributed by atoms with Crippen LogP contribution in [0.15, 0.2) is 24.3 Å². The minimum absolute atomic E-state index is 0.0357. The van der Waals surface area contributed by atoms with Gasteiger partial charge in [-0.15, -0.1) is 0 Å². The van der Waals surface area contributed by atoms with Gasteiger partial charge in [-0.05, 0) is 49.6 Å². The van der Waals surface area contributed by atoms with Crippen molar-refractivity contribution in [3.05, 3.63) is 34.9 Å². The molecule has 0 spiro atoms. The monoisotopic (exact) mass is 533 g/mol. The van der Waals surface area contributed by atoms with Gasteiger partial charge in [0.05, 0.1) is 21.8 Å². The van der Waals surface area contributed by atoms with Gasteiger partial charge < -0.3 is 20.7 Å². The smallest absolute Gasteiger partial charge is 0.418 e. The average molecular weight is 534 g/mol. The molecule has 3 aliphatic rings. The van der Waals surface area contributed by atoms with Gasteiger partial charge in [-0.3, -0.25) is 4.90 Å². The molecule has 1 aromatic carbocycles. The van der Waals surface area contributed by atoms with Crippen LogP contribution in [-0.4, -0.2) is 72.3 Å². The van der Waals surface area contributed by atoms with Crippen LogP contribution in [-0.2, 0) is 6.18 Å². The van der Waals surface area contributed by atoms with Crippen molar-refractivity contribution < 1.29 is 17.9 Å². The number of rotatable bonds is 5. The number of benzene rings is 1. The van der Waals surface area contributed by atoms with E-state index in [0.29, 0.717) is 35.3 Å². The van der Waals surface area contributed by atoms with Crippen molar-refractivity contribution in [3.8, 4) is 17.3 Å². The number of pyridine rings is 1. The fourth-order valence-electron chi connectivity index (χ4n) is 5.58. The third-order valence-corrected chi connectivity index (χ3v) is 7.89. The summed E-state index contributed by atoms with van der Waals surface area (Å²) in [6.07, 6.45) is -3.41. The summed E-state index contributed by atoms with van der Waals surface area (Å²) in [5.74, 6) is 1.99. The number of fused-ring (bicyclic) bond motifs is 2. The van der Waals surface area contributed by atoms with Gasteiger partial charge in [0.2, 0.25) is 0 Å². The van der Waals surface area contributed by atoms with Crippen molar-refractivity contribution >= 4 is 34.1 Å². The molecule has 2 saturated heterocycles. The summed E-state index contributed by atoms with van der Waals surface area (Å²) in [6.45, 7) is 4.53. The Labute approximate surface area is 217 Å². The molecule has 4 heterocycles. The van der Waals surface area contributed by atoms with Crippen LogP contribution in [0.4, 0.5) is 24.8 Å². The second-order valence-corrected chi connectivity index (χ2v) is 10.4. The lowest BCUT2D eigenvalue weighted by Crippen LogP contribution is -2.44. The number of nitrogens with two attached hydrogens (primary N) is 1. The van der Waals surface area contributed by atoms with Gasteiger partial charge in [-0.1, -0.05) is 11.6 Å². The first-order chi connectivity index (χ1) is 17.7. The number of alkyl halides is 3. The van der Waals surface area contributed by atoms with Crippen molar-refractivity contribution in [1.82, 2.24) is 25.2 Å². The molecule has 2 aliphatic heterocycles. The second-order valence-electron chi connectivity index (χ2n) is 10.0. The highest BCUT2D eigenvalue weighted by atomic mass is 35.5. The molecular weight excluding hydrogens is 507 g/mol. The zero-order valence-corrected chi connectivity index (χ0v) is 21.0. The predicted molar refractivity (Wildman–Crippen MR) is 136 cm³/mol. The zero-order chi connectivity index (χ0) is 25.9. The molecule has 6 rings (SSSR count). The molecule has 12 heteroatoms. The molecule has 8 nitrogen and oxygen atoms in total. The fourth-order valence-corrected chi connectivity index (χ4v) is 5.83. The number of likely N-dealkylation sites (tertiary alicyclic amines) is 1. The van der Waals surface area contributed by atoms with E-state index < -0.39 is 11.7 Å². The van der Waals surface area contributed by atoms with Crippen molar-refractivity contribution in [2.45, 2.75) is 18.6 Å². The van der Waals surface area contributed by atoms with Crippen LogP contribution in [0, 0.1) is 11.8 Å². The lowest BCUT2D eigenvalue weighted by Gasteiger charge is -2.29. The minimum atomic E-state index is -4.63. The van der Waals surface area contributed by atoms with Crippen LogP contribution in [0.1, 0.15) is 12.0 Å². The lowest BCUT2D eigenvalue weighted by atomic mass is 10.0. The van der Waals surface area contributed by atoms with Crippen molar-refractivity contribution in [3.63, 3.8) is 0 Å². The molecule has 37 heavy (non-hydrogen) atoms. The van der Waals surface area contributed by atoms with E-state index in [1.807, 2.05) is 0 Å². The maximum Gasteiger partial charge on any atom is 0.418 e. The number of ether oxygens (including phenoxy) is 1. The van der Waals surface area contributed by atoms with Crippen LogP contribution >= 0.6 is 11.6 Å². The lowest BCUT2D eigenvalue weighted by molar-refractivity contribution is -0.137. The van der Waals surface area contributed by atoms with Crippen LogP contribution in [0.25, 0.3) is 22.2 Å². The number of nitrogens with zero attached hydrogens (tertiary/aromatic N) is 5. The number of anilines is 2. The first-order valence-electron chi connectivity index (χ1n) is 12.3. The number of halogens is 4. The van der Waals surface area contributed by atoms with Gasteiger partial charge in [0.15, 0.2) is 0 Å². The number of piperazine rings is 1. The molecule has 3 aromatic rings. The third-order valence-electron chi connectivity index (χ3n) is 7.58. The summed E-state index contributed by atoms with van der Waals surface area (Å²) in [5, 5.41) is 4.06. The van der Waals surface area contributed by atoms with Crippen LogP contribution in [0.5, 0.6) is 6.01 Å². The van der Waals surface area contributed by atoms with Gasteiger partial charge in [0, 0.05) is 49.7 Å². The molecule has 0 bridgehead atoms. The fraction of sp³-hybridized carbons (Fsp3) is 0.480. The summed E-state index contributed by atoms with van der Waals surface area (Å²) >= 11 is 6.58. The largest absolute Gasteiger partial charge is 0.462 e. The third kappa shape index (κ3) is 4.64. The van der Waals surface area contributed by atoms with E-state index in [9.17, 15) is 13.2 Å². The van der Waals surface area contributed by atoms with Crippen molar-refractivity contribution in [2.24, 2.45) is 11.8 Å². The molecule has 0 amide bonds. The van der Waals surface area contributed by atoms with Gasteiger partial charge in [-0.2, -0.15) is 23.1 Å². The van der Waals surface area contributed by atoms with Crippen LogP contribution in [0.2, 0.25) is 5.02 Å². The van der Waals surface area contributed by atoms with Gasteiger partial charge >= 0.3 is 12.2 Å². The molecular formula is C25H27ClF3N7O. The van der Waals surface area contributed by atoms with Gasteiger partial charge in [-0.25, -0.2) is 4.98 Å². The molecule has 1 aliphatic carbocycles. The average Bonchev–Trinajstić information content (AvgIpc) is 3.54. The highest BCUT2D eigenvalue weighted by molar-refractivity contribution is 6.34. The highest BCUT2D eigenvalue weighted by Crippen LogP contribution is 2.49. The first-order valence-corrected chi connectivity index (χ1v) is 12.7. The van der Waals surface area contributed by atoms with Crippen LogP contribution in [0.3, 0.4) is 0 Å². The normalized spacial score (nSPS) is 23.9. The van der Waals surface area contributed by atoms with E-state index in [2.05, 4.69) is 32.1 Å². The number of aromatic nitrogens is 3. The predicted octanol–water partition coefficient (Wildman–Crippen LogP) is 3.68. The Morgan fingerprint density at radius 2 is 1.95 bits per heavy atom. The Hall–Kier alpha value is -2.89. The van der Waals surface area contributed by atoms with Crippen LogP contribution < -0.4 is 20.7 Å². The second kappa shape index (κ2) is 9.14. The molecule has 3 N–H and O–H groups in total. The Balaban J connectivity index is 1.44. The molecule has 1 saturated carbocycles. The Bertz CT molecular complexity index is 1350. The van der Waals surface area contributed by atoms with E-state index in [-0.39, 0.29) is 28.1 Å². The van der Waals surface area contributed by atoms with E-state index in [1.54, 1.807) is 6.07 Å². The first kappa shape index (κ1) is 24.4. The number of nitrogens with one attached hydrogen (secondary N) is 1. The molecule has 196 valence electrons. The Kier molecular flexibility index (Phi) is 6.04. The SMILES string of the molecule is CN1C[C@@H]2C[C@@H]2[C@H]1COc1nc(N2CCNCC2)c2cc(Cl)c(-c3nc(N)ccc3C(F)(F)F)cc2n1. The molecule has 0 unspecified atom stereocenters. The Morgan fingerprint density at radius 1 is 1.16 bits per heavy atom. The standard InChI is InChI=1S/C25H27ClF3N7O/c1-35-11-13-8-14(13)20(35)12-37-24-32-19-10-15(22-17(25(27,28)29)2-3-21(30)33-22)18(26)9-16(19)23(34-24)36-6-4-31-5-7-36/h2-3,9-10,13-14,20,31H,4-8,11-12H2,1H3,(H2,30,33)/t13-,14-,20+/m0/s1. The number of hydrogen-bond donors (Lipinski definition) is 2. The zero-order valence-electron chi connectivity index (χ0n) is 20.2. The maximum absolute atomic E-state index is 13.8. The van der Waals surface area contributed by atoms with Crippen molar-refractivity contribution in [2.75, 3.05) is 57.0 Å². The summed E-state index contributed by atoms with van der Waals surface area (Å²) in [4.78, 5) is 17.8. The van der Waals surface area contributed by atoms with E-state index >= 15 is 0 Å². The van der Waals surface area contributed by atoms with Gasteiger partial charge in [0.25, 0.3) is 0 Å². The van der Waals surface area contributed by atoms with E-state index in [4.69, 9.17) is 27.1 Å². The molecule has 3 atom stereocenters. The molecule has 3 fully saturated rings. The van der Waals surface area contributed by atoms with Gasteiger partial charge in [0.1, 0.15) is 18.2 Å². The number of likely N-dealkylation sites (N-methyl/N-ethyl adjacent to an activating group) is 1. The number of nitrogen functional groups attached to an aromatic ring is 1. The van der Waals surface area contributed by atoms with E-state index in [1.165, 1.54) is 12.5 Å². The molecule has 2 aromatic heterocycles. The number of hydrogen-bond acceptors (Lipinski definition) is 8. The topological polar surface area (TPSA) is 92.4 Å². The number of piperidine rings is 1. The summed E-state index contributed by atoms with van der Waals surface area (Å²) in [6, 6.07) is 5.68. The summed E-state index contributed by atoms with van der Waals surface area (Å²) < 4.78 is 47.5. The summed E-state index contributed by atoms with van der Waals surface area (Å²) in [5.41, 5.74) is 5.03. The maximum atomic E-state index is 13.8.